The molecule has 1 amide bonds. The maximum atomic E-state index is 12.6. The van der Waals surface area contributed by atoms with Gasteiger partial charge in [-0.3, -0.25) is 9.36 Å². The Morgan fingerprint density at radius 2 is 1.91 bits per heavy atom. The van der Waals surface area contributed by atoms with E-state index in [9.17, 15) is 4.79 Å². The summed E-state index contributed by atoms with van der Waals surface area (Å²) in [6.07, 6.45) is 4.57. The molecule has 3 heterocycles. The number of hydrogen-bond acceptors (Lipinski definition) is 5. The van der Waals surface area contributed by atoms with Crippen molar-refractivity contribution in [3.63, 3.8) is 0 Å². The maximum Gasteiger partial charge on any atom is 0.255 e. The molecule has 7 nitrogen and oxygen atoms in total. The first-order chi connectivity index (χ1) is 10.5. The van der Waals surface area contributed by atoms with Gasteiger partial charge in [0.25, 0.3) is 5.91 Å². The van der Waals surface area contributed by atoms with E-state index in [2.05, 4.69) is 15.2 Å². The second-order valence-corrected chi connectivity index (χ2v) is 5.77. The monoisotopic (exact) mass is 321 g/mol. The first-order valence-corrected chi connectivity index (χ1v) is 7.37. The molecule has 22 heavy (non-hydrogen) atoms. The normalized spacial score (nSPS) is 21.9. The smallest absolute Gasteiger partial charge is 0.255 e. The highest BCUT2D eigenvalue weighted by Gasteiger charge is 2.27. The van der Waals surface area contributed by atoms with Gasteiger partial charge >= 0.3 is 0 Å². The molecule has 2 aromatic rings. The summed E-state index contributed by atoms with van der Waals surface area (Å²) in [4.78, 5) is 18.6. The van der Waals surface area contributed by atoms with E-state index in [1.54, 1.807) is 15.5 Å². The number of hydrogen-bond donors (Lipinski definition) is 0. The number of halogens is 1. The van der Waals surface area contributed by atoms with Gasteiger partial charge in [-0.05, 0) is 19.9 Å². The van der Waals surface area contributed by atoms with Crippen LogP contribution in [-0.4, -0.2) is 55.9 Å². The number of amides is 1. The van der Waals surface area contributed by atoms with E-state index in [1.807, 2.05) is 13.8 Å². The predicted octanol–water partition coefficient (Wildman–Crippen LogP) is 1.57. The Balaban J connectivity index is 1.83. The molecule has 0 N–H and O–H groups in total. The molecule has 1 aliphatic heterocycles. The summed E-state index contributed by atoms with van der Waals surface area (Å²) in [5.41, 5.74) is 0.461. The van der Waals surface area contributed by atoms with E-state index in [0.717, 1.165) is 0 Å². The molecule has 1 aliphatic rings. The lowest BCUT2D eigenvalue weighted by molar-refractivity contribution is -0.0586. The number of carbonyl (C=O) groups is 1. The zero-order valence-corrected chi connectivity index (χ0v) is 13.1. The summed E-state index contributed by atoms with van der Waals surface area (Å²) in [7, 11) is 0. The van der Waals surface area contributed by atoms with E-state index < -0.39 is 0 Å². The van der Waals surface area contributed by atoms with Crippen LogP contribution in [0, 0.1) is 0 Å². The second-order valence-electron chi connectivity index (χ2n) is 5.37. The Hall–Kier alpha value is -1.99. The van der Waals surface area contributed by atoms with Crippen LogP contribution in [-0.2, 0) is 4.74 Å². The van der Waals surface area contributed by atoms with E-state index in [4.69, 9.17) is 16.3 Å². The van der Waals surface area contributed by atoms with Crippen molar-refractivity contribution < 1.29 is 9.53 Å². The van der Waals surface area contributed by atoms with Crippen LogP contribution in [0.25, 0.3) is 5.82 Å². The highest BCUT2D eigenvalue weighted by molar-refractivity contribution is 6.32. The topological polar surface area (TPSA) is 73.1 Å². The Kier molecular flexibility index (Phi) is 4.08. The molecule has 116 valence electrons. The summed E-state index contributed by atoms with van der Waals surface area (Å²) in [5.74, 6) is 0.402. The molecular weight excluding hydrogens is 306 g/mol. The molecule has 2 aromatic heterocycles. The van der Waals surface area contributed by atoms with Gasteiger partial charge < -0.3 is 9.64 Å². The van der Waals surface area contributed by atoms with Gasteiger partial charge in [-0.15, -0.1) is 10.2 Å². The Morgan fingerprint density at radius 3 is 2.50 bits per heavy atom. The van der Waals surface area contributed by atoms with Gasteiger partial charge in [0.15, 0.2) is 5.82 Å². The Morgan fingerprint density at radius 1 is 1.27 bits per heavy atom. The molecule has 2 unspecified atom stereocenters. The summed E-state index contributed by atoms with van der Waals surface area (Å²) in [6.45, 7) is 5.04. The lowest BCUT2D eigenvalue weighted by Crippen LogP contribution is -2.48. The van der Waals surface area contributed by atoms with Gasteiger partial charge in [-0.25, -0.2) is 4.98 Å². The van der Waals surface area contributed by atoms with Crippen LogP contribution in [0.1, 0.15) is 24.2 Å². The highest BCUT2D eigenvalue weighted by Crippen LogP contribution is 2.21. The highest BCUT2D eigenvalue weighted by atomic mass is 35.5. The molecule has 0 aromatic carbocycles. The van der Waals surface area contributed by atoms with Gasteiger partial charge in [0.2, 0.25) is 0 Å². The van der Waals surface area contributed by atoms with E-state index >= 15 is 0 Å². The van der Waals surface area contributed by atoms with E-state index in [1.165, 1.54) is 18.9 Å². The number of pyridine rings is 1. The summed E-state index contributed by atoms with van der Waals surface area (Å²) in [5, 5.41) is 7.80. The Labute approximate surface area is 132 Å². The second kappa shape index (κ2) is 6.02. The SMILES string of the molecule is CC1CN(C(=O)c2cnc(-n3cnnc3)c(Cl)c2)CC(C)O1. The molecular formula is C14H16ClN5O2. The Bertz CT molecular complexity index is 666. The number of carbonyl (C=O) groups excluding carboxylic acids is 1. The van der Waals surface area contributed by atoms with Gasteiger partial charge in [0, 0.05) is 19.3 Å². The largest absolute Gasteiger partial charge is 0.372 e. The zero-order valence-electron chi connectivity index (χ0n) is 12.3. The van der Waals surface area contributed by atoms with Gasteiger partial charge in [0.1, 0.15) is 12.7 Å². The summed E-state index contributed by atoms with van der Waals surface area (Å²) < 4.78 is 7.23. The molecule has 2 atom stereocenters. The molecule has 1 saturated heterocycles. The van der Waals surface area contributed by atoms with Crippen molar-refractivity contribution in [2.45, 2.75) is 26.1 Å². The van der Waals surface area contributed by atoms with Crippen molar-refractivity contribution >= 4 is 17.5 Å². The van der Waals surface area contributed by atoms with Crippen molar-refractivity contribution in [3.05, 3.63) is 35.5 Å². The van der Waals surface area contributed by atoms with Crippen molar-refractivity contribution in [1.29, 1.82) is 0 Å². The molecule has 1 fully saturated rings. The van der Waals surface area contributed by atoms with Crippen LogP contribution in [0.5, 0.6) is 0 Å². The van der Waals surface area contributed by atoms with Crippen LogP contribution in [0.2, 0.25) is 5.02 Å². The molecule has 0 bridgehead atoms. The van der Waals surface area contributed by atoms with Crippen molar-refractivity contribution in [1.82, 2.24) is 24.6 Å². The minimum atomic E-state index is -0.0910. The fourth-order valence-electron chi connectivity index (χ4n) is 2.57. The minimum absolute atomic E-state index is 0.0208. The fraction of sp³-hybridized carbons (Fsp3) is 0.429. The summed E-state index contributed by atoms with van der Waals surface area (Å²) in [6, 6.07) is 1.62. The van der Waals surface area contributed by atoms with Gasteiger partial charge in [-0.2, -0.15) is 0 Å². The lowest BCUT2D eigenvalue weighted by atomic mass is 10.2. The van der Waals surface area contributed by atoms with Crippen molar-refractivity contribution in [2.24, 2.45) is 0 Å². The maximum absolute atomic E-state index is 12.6. The number of morpholine rings is 1. The van der Waals surface area contributed by atoms with E-state index in [0.29, 0.717) is 29.5 Å². The zero-order chi connectivity index (χ0) is 15.7. The fourth-order valence-corrected chi connectivity index (χ4v) is 2.84. The number of aromatic nitrogens is 4. The number of rotatable bonds is 2. The third kappa shape index (κ3) is 2.95. The average Bonchev–Trinajstić information content (AvgIpc) is 2.99. The third-order valence-electron chi connectivity index (χ3n) is 3.44. The van der Waals surface area contributed by atoms with Crippen LogP contribution < -0.4 is 0 Å². The third-order valence-corrected chi connectivity index (χ3v) is 3.72. The number of nitrogens with zero attached hydrogens (tertiary/aromatic N) is 5. The molecule has 3 rings (SSSR count). The molecule has 0 radical (unpaired) electrons. The minimum Gasteiger partial charge on any atom is -0.372 e. The van der Waals surface area contributed by atoms with Crippen molar-refractivity contribution in [2.75, 3.05) is 13.1 Å². The van der Waals surface area contributed by atoms with Crippen LogP contribution >= 0.6 is 11.6 Å². The molecule has 8 heteroatoms. The number of ether oxygens (including phenoxy) is 1. The lowest BCUT2D eigenvalue weighted by Gasteiger charge is -2.35. The van der Waals surface area contributed by atoms with Gasteiger partial charge in [-0.1, -0.05) is 11.6 Å². The van der Waals surface area contributed by atoms with Crippen LogP contribution in [0.3, 0.4) is 0 Å². The molecule has 0 aliphatic carbocycles. The van der Waals surface area contributed by atoms with Crippen LogP contribution in [0.4, 0.5) is 0 Å². The average molecular weight is 322 g/mol. The van der Waals surface area contributed by atoms with Crippen molar-refractivity contribution in [3.8, 4) is 5.82 Å². The molecule has 0 saturated carbocycles. The summed E-state index contributed by atoms with van der Waals surface area (Å²) >= 11 is 6.23. The van der Waals surface area contributed by atoms with E-state index in [-0.39, 0.29) is 18.1 Å². The van der Waals surface area contributed by atoms with Gasteiger partial charge in [0.05, 0.1) is 22.8 Å². The first-order valence-electron chi connectivity index (χ1n) is 7.00. The first kappa shape index (κ1) is 14.9. The predicted molar refractivity (Wildman–Crippen MR) is 80.1 cm³/mol. The van der Waals surface area contributed by atoms with Crippen LogP contribution in [0.15, 0.2) is 24.9 Å². The quantitative estimate of drug-likeness (QED) is 0.839. The standard InChI is InChI=1S/C14H16ClN5O2/c1-9-5-19(6-10(2)22-9)14(21)11-3-12(15)13(16-4-11)20-7-17-18-8-20/h3-4,7-10H,5-6H2,1-2H3. The molecule has 0 spiro atoms.